The maximum Gasteiger partial charge on any atom is 0.332 e. The number of hydrogen-bond acceptors (Lipinski definition) is 4. The molecule has 0 unspecified atom stereocenters. The molecule has 8 nitrogen and oxygen atoms in total. The molecule has 0 radical (unpaired) electrons. The second-order valence-electron chi connectivity index (χ2n) is 3.93. The van der Waals surface area contributed by atoms with E-state index in [1.54, 1.807) is 19.9 Å². The Morgan fingerprint density at radius 2 is 1.35 bits per heavy atom. The Kier molecular flexibility index (Phi) is 5.21. The summed E-state index contributed by atoms with van der Waals surface area (Å²) in [6.45, 7) is 3.45. The normalized spacial score (nSPS) is 11.9. The largest absolute Gasteiger partial charge is 0.350 e. The minimum atomic E-state index is -0.732. The third-order valence-corrected chi connectivity index (χ3v) is 2.37. The van der Waals surface area contributed by atoms with Crippen LogP contribution in [0.3, 0.4) is 0 Å². The molecule has 0 bridgehead atoms. The van der Waals surface area contributed by atoms with Gasteiger partial charge in [0.15, 0.2) is 0 Å². The molecule has 6 N–H and O–H groups in total. The van der Waals surface area contributed by atoms with Crippen LogP contribution in [0.4, 0.5) is 9.59 Å². The monoisotopic (exact) mass is 276 g/mol. The number of nitrogens with zero attached hydrogens (tertiary/aromatic N) is 2. The number of amides is 4. The van der Waals surface area contributed by atoms with E-state index in [1.807, 2.05) is 18.2 Å². The number of carbonyl (C=O) groups is 2. The lowest BCUT2D eigenvalue weighted by molar-refractivity contribution is 0.248. The van der Waals surface area contributed by atoms with E-state index in [-0.39, 0.29) is 0 Å². The smallest absolute Gasteiger partial charge is 0.332 e. The molecule has 106 valence electrons. The van der Waals surface area contributed by atoms with Gasteiger partial charge in [0.05, 0.1) is 11.4 Å². The van der Waals surface area contributed by atoms with Crippen LogP contribution in [0.1, 0.15) is 25.0 Å². The lowest BCUT2D eigenvalue weighted by Gasteiger charge is -2.05. The van der Waals surface area contributed by atoms with Gasteiger partial charge in [-0.25, -0.2) is 20.4 Å². The third-order valence-electron chi connectivity index (χ3n) is 2.37. The third kappa shape index (κ3) is 4.77. The number of hydrogen-bond donors (Lipinski definition) is 4. The van der Waals surface area contributed by atoms with E-state index < -0.39 is 12.1 Å². The van der Waals surface area contributed by atoms with Crippen LogP contribution in [0.5, 0.6) is 0 Å². The van der Waals surface area contributed by atoms with Gasteiger partial charge in [-0.15, -0.1) is 0 Å². The summed E-state index contributed by atoms with van der Waals surface area (Å²) < 4.78 is 0. The van der Waals surface area contributed by atoms with Gasteiger partial charge in [0.2, 0.25) is 0 Å². The van der Waals surface area contributed by atoms with Gasteiger partial charge in [-0.2, -0.15) is 10.2 Å². The van der Waals surface area contributed by atoms with Crippen molar-refractivity contribution in [2.24, 2.45) is 21.7 Å². The number of primary amides is 2. The topological polar surface area (TPSA) is 135 Å². The highest BCUT2D eigenvalue weighted by Gasteiger charge is 2.03. The molecule has 1 aromatic carbocycles. The predicted octanol–water partition coefficient (Wildman–Crippen LogP) is 0.471. The number of urea groups is 2. The van der Waals surface area contributed by atoms with Gasteiger partial charge in [-0.1, -0.05) is 18.2 Å². The van der Waals surface area contributed by atoms with Crippen molar-refractivity contribution in [3.63, 3.8) is 0 Å². The van der Waals surface area contributed by atoms with Gasteiger partial charge in [-0.05, 0) is 31.0 Å². The number of nitrogens with one attached hydrogen (secondary N) is 2. The Labute approximate surface area is 115 Å². The minimum absolute atomic E-state index is 0.585. The van der Waals surface area contributed by atoms with Crippen molar-refractivity contribution >= 4 is 23.5 Å². The maximum absolute atomic E-state index is 10.6. The SMILES string of the molecule is C/C(=N\NC(N)=O)c1cccc(/C(C)=N/NC(N)=O)c1. The van der Waals surface area contributed by atoms with Crippen LogP contribution in [-0.4, -0.2) is 23.5 Å². The predicted molar refractivity (Wildman–Crippen MR) is 76.3 cm³/mol. The number of hydrazone groups is 2. The molecule has 0 saturated heterocycles. The molecular weight excluding hydrogens is 260 g/mol. The quantitative estimate of drug-likeness (QED) is 0.470. The van der Waals surface area contributed by atoms with Crippen LogP contribution in [0.25, 0.3) is 0 Å². The summed E-state index contributed by atoms with van der Waals surface area (Å²) in [6, 6.07) is 5.78. The average molecular weight is 276 g/mol. The molecular formula is C12H16N6O2. The summed E-state index contributed by atoms with van der Waals surface area (Å²) in [6.07, 6.45) is 0. The minimum Gasteiger partial charge on any atom is -0.350 e. The highest BCUT2D eigenvalue weighted by atomic mass is 16.2. The van der Waals surface area contributed by atoms with Gasteiger partial charge in [0, 0.05) is 0 Å². The lowest BCUT2D eigenvalue weighted by atomic mass is 10.1. The number of benzene rings is 1. The molecule has 0 atom stereocenters. The first kappa shape index (κ1) is 15.2. The van der Waals surface area contributed by atoms with Gasteiger partial charge in [0.1, 0.15) is 0 Å². The average Bonchev–Trinajstić information content (AvgIpc) is 2.42. The van der Waals surface area contributed by atoms with Crippen LogP contribution in [0.2, 0.25) is 0 Å². The second-order valence-corrected chi connectivity index (χ2v) is 3.93. The fourth-order valence-corrected chi connectivity index (χ4v) is 1.38. The van der Waals surface area contributed by atoms with Crippen molar-refractivity contribution in [3.8, 4) is 0 Å². The fourth-order valence-electron chi connectivity index (χ4n) is 1.38. The van der Waals surface area contributed by atoms with Gasteiger partial charge in [0.25, 0.3) is 0 Å². The van der Waals surface area contributed by atoms with Gasteiger partial charge in [-0.3, -0.25) is 0 Å². The molecule has 0 aliphatic carbocycles. The standard InChI is InChI=1S/C12H16N6O2/c1-7(15-17-11(13)19)9-4-3-5-10(6-9)8(2)16-18-12(14)20/h3-6H,1-2H3,(H3,13,17,19)(H3,14,18,20)/b15-7+,16-8+. The van der Waals surface area contributed by atoms with Crippen LogP contribution in [0.15, 0.2) is 34.5 Å². The zero-order valence-electron chi connectivity index (χ0n) is 11.2. The van der Waals surface area contributed by atoms with Crippen molar-refractivity contribution in [1.82, 2.24) is 10.9 Å². The highest BCUT2D eigenvalue weighted by molar-refractivity contribution is 6.04. The maximum atomic E-state index is 10.6. The number of carbonyl (C=O) groups excluding carboxylic acids is 2. The zero-order chi connectivity index (χ0) is 15.1. The molecule has 4 amide bonds. The van der Waals surface area contributed by atoms with E-state index in [2.05, 4.69) is 21.1 Å². The van der Waals surface area contributed by atoms with Gasteiger partial charge >= 0.3 is 12.1 Å². The fraction of sp³-hybridized carbons (Fsp3) is 0.167. The van der Waals surface area contributed by atoms with E-state index >= 15 is 0 Å². The first-order chi connectivity index (χ1) is 9.40. The van der Waals surface area contributed by atoms with Crippen molar-refractivity contribution in [3.05, 3.63) is 35.4 Å². The molecule has 0 aliphatic heterocycles. The number of rotatable bonds is 4. The molecule has 0 spiro atoms. The molecule has 1 aromatic rings. The van der Waals surface area contributed by atoms with E-state index in [9.17, 15) is 9.59 Å². The molecule has 0 saturated carbocycles. The first-order valence-electron chi connectivity index (χ1n) is 5.70. The summed E-state index contributed by atoms with van der Waals surface area (Å²) in [5.74, 6) is 0. The van der Waals surface area contributed by atoms with Gasteiger partial charge < -0.3 is 11.5 Å². The highest BCUT2D eigenvalue weighted by Crippen LogP contribution is 2.07. The summed E-state index contributed by atoms with van der Waals surface area (Å²) in [4.78, 5) is 21.2. The molecule has 0 fully saturated rings. The van der Waals surface area contributed by atoms with E-state index in [4.69, 9.17) is 11.5 Å². The first-order valence-corrected chi connectivity index (χ1v) is 5.70. The summed E-state index contributed by atoms with van der Waals surface area (Å²) >= 11 is 0. The summed E-state index contributed by atoms with van der Waals surface area (Å²) in [7, 11) is 0. The Morgan fingerprint density at radius 3 is 1.70 bits per heavy atom. The Bertz CT molecular complexity index is 532. The summed E-state index contributed by atoms with van der Waals surface area (Å²) in [5.41, 5.74) is 16.9. The van der Waals surface area contributed by atoms with Crippen LogP contribution >= 0.6 is 0 Å². The van der Waals surface area contributed by atoms with E-state index in [1.165, 1.54) is 0 Å². The zero-order valence-corrected chi connectivity index (χ0v) is 11.2. The second kappa shape index (κ2) is 6.88. The molecule has 0 heterocycles. The van der Waals surface area contributed by atoms with Crippen molar-refractivity contribution < 1.29 is 9.59 Å². The Morgan fingerprint density at radius 1 is 0.950 bits per heavy atom. The molecule has 0 aliphatic rings. The molecule has 8 heteroatoms. The lowest BCUT2D eigenvalue weighted by Crippen LogP contribution is -2.25. The van der Waals surface area contributed by atoms with Crippen molar-refractivity contribution in [2.75, 3.05) is 0 Å². The van der Waals surface area contributed by atoms with E-state index in [0.717, 1.165) is 11.1 Å². The van der Waals surface area contributed by atoms with E-state index in [0.29, 0.717) is 11.4 Å². The summed E-state index contributed by atoms with van der Waals surface area (Å²) in [5, 5.41) is 7.66. The van der Waals surface area contributed by atoms with Crippen LogP contribution < -0.4 is 22.3 Å². The Balaban J connectivity index is 2.95. The molecule has 20 heavy (non-hydrogen) atoms. The number of nitrogens with two attached hydrogens (primary N) is 2. The van der Waals surface area contributed by atoms with Crippen LogP contribution in [-0.2, 0) is 0 Å². The molecule has 1 rings (SSSR count). The Hall–Kier alpha value is -2.90. The van der Waals surface area contributed by atoms with Crippen LogP contribution in [0, 0.1) is 0 Å². The molecule has 0 aromatic heterocycles. The van der Waals surface area contributed by atoms with Crippen molar-refractivity contribution in [2.45, 2.75) is 13.8 Å². The van der Waals surface area contributed by atoms with Crippen molar-refractivity contribution in [1.29, 1.82) is 0 Å².